The van der Waals surface area contributed by atoms with E-state index in [2.05, 4.69) is 69.1 Å². The fourth-order valence-corrected chi connectivity index (χ4v) is 6.38. The SMILES string of the molecule is O=C(O)CC(O)(CC(=O)O)C(=O)O.O=C(O)CC(O)(CC(=O)O)C(=O)O.O=C(O)CC(O)(CC(=O)O)C(=O)O.c1ccc2c3c([nH]c2c1)CNCC3.c1ccc2c3c([nH]c2c1)CNCC3. The summed E-state index contributed by atoms with van der Waals surface area (Å²) in [5, 5.41) is 111. The third kappa shape index (κ3) is 16.6. The molecule has 16 N–H and O–H groups in total. The minimum absolute atomic E-state index is 0.990. The van der Waals surface area contributed by atoms with Gasteiger partial charge in [-0.2, -0.15) is 0 Å². The van der Waals surface area contributed by atoms with E-state index in [0.29, 0.717) is 0 Å². The molecule has 0 radical (unpaired) electrons. The average molecular weight is 921 g/mol. The number of hydrogen-bond acceptors (Lipinski definition) is 14. The topological polar surface area (TPSA) is 452 Å². The minimum atomic E-state index is -2.74. The molecule has 0 saturated carbocycles. The van der Waals surface area contributed by atoms with Crippen LogP contribution in [0.3, 0.4) is 0 Å². The van der Waals surface area contributed by atoms with E-state index >= 15 is 0 Å². The summed E-state index contributed by atoms with van der Waals surface area (Å²) in [5.41, 5.74) is 0.0866. The van der Waals surface area contributed by atoms with Crippen molar-refractivity contribution in [3.8, 4) is 0 Å². The highest BCUT2D eigenvalue weighted by atomic mass is 16.4. The van der Waals surface area contributed by atoms with Gasteiger partial charge in [0.05, 0.1) is 38.5 Å². The quantitative estimate of drug-likeness (QED) is 0.0739. The number of H-pyrrole nitrogens is 2. The van der Waals surface area contributed by atoms with Gasteiger partial charge in [-0.05, 0) is 49.2 Å². The molecule has 65 heavy (non-hydrogen) atoms. The van der Waals surface area contributed by atoms with E-state index < -0.39 is 109 Å². The number of carboxylic acid groups (broad SMARTS) is 9. The van der Waals surface area contributed by atoms with E-state index in [0.717, 1.165) is 39.0 Å². The van der Waals surface area contributed by atoms with Crippen molar-refractivity contribution in [1.29, 1.82) is 0 Å². The van der Waals surface area contributed by atoms with Crippen LogP contribution in [0.5, 0.6) is 0 Å². The van der Waals surface area contributed by atoms with Gasteiger partial charge >= 0.3 is 53.7 Å². The van der Waals surface area contributed by atoms with Crippen LogP contribution in [0.15, 0.2) is 48.5 Å². The van der Waals surface area contributed by atoms with Gasteiger partial charge in [-0.3, -0.25) is 28.8 Å². The second-order valence-corrected chi connectivity index (χ2v) is 14.5. The fraction of sp³-hybridized carbons (Fsp3) is 0.375. The first-order valence-electron chi connectivity index (χ1n) is 19.0. The molecule has 354 valence electrons. The van der Waals surface area contributed by atoms with E-state index in [9.17, 15) is 43.2 Å². The van der Waals surface area contributed by atoms with Gasteiger partial charge in [0.2, 0.25) is 0 Å². The van der Waals surface area contributed by atoms with E-state index in [1.807, 2.05) is 0 Å². The van der Waals surface area contributed by atoms with Gasteiger partial charge in [0, 0.05) is 46.3 Å². The Labute approximate surface area is 365 Å². The zero-order chi connectivity index (χ0) is 49.3. The smallest absolute Gasteiger partial charge is 0.336 e. The Hall–Kier alpha value is -7.45. The van der Waals surface area contributed by atoms with Crippen LogP contribution in [0, 0.1) is 0 Å². The molecular weight excluding hydrogens is 872 g/mol. The summed E-state index contributed by atoms with van der Waals surface area (Å²) in [6, 6.07) is 17.1. The van der Waals surface area contributed by atoms with Crippen molar-refractivity contribution in [1.82, 2.24) is 20.6 Å². The number of benzene rings is 2. The fourth-order valence-electron chi connectivity index (χ4n) is 6.38. The molecule has 0 saturated heterocycles. The average Bonchev–Trinajstić information content (AvgIpc) is 3.75. The van der Waals surface area contributed by atoms with Crippen LogP contribution in [-0.2, 0) is 69.1 Å². The number of rotatable bonds is 15. The standard InChI is InChI=1S/2C11H12N2.3C6H8O7/c2*1-2-4-10-8(3-1)9-5-6-12-7-11(9)13-10;3*7-3(8)1-6(13,5(11)12)2-4(9)10/h2*1-4,12-13H,5-7H2;3*13H,1-2H2,(H,7,8)(H,9,10)(H,11,12). The summed E-state index contributed by atoms with van der Waals surface area (Å²) in [5.74, 6) is -15.1. The first-order valence-corrected chi connectivity index (χ1v) is 19.0. The molecule has 2 aliphatic rings. The first-order chi connectivity index (χ1) is 30.2. The molecule has 0 fully saturated rings. The Morgan fingerprint density at radius 2 is 0.662 bits per heavy atom. The lowest BCUT2D eigenvalue weighted by Gasteiger charge is -2.18. The van der Waals surface area contributed by atoms with Crippen LogP contribution in [0.4, 0.5) is 0 Å². The molecule has 25 heteroatoms. The molecule has 25 nitrogen and oxygen atoms in total. The molecule has 0 atom stereocenters. The van der Waals surface area contributed by atoms with Crippen LogP contribution in [-0.4, -0.2) is 155 Å². The molecule has 0 bridgehead atoms. The highest BCUT2D eigenvalue weighted by molar-refractivity contribution is 5.90. The van der Waals surface area contributed by atoms with E-state index in [-0.39, 0.29) is 0 Å². The normalized spacial score (nSPS) is 12.9. The van der Waals surface area contributed by atoms with Crippen LogP contribution < -0.4 is 10.6 Å². The summed E-state index contributed by atoms with van der Waals surface area (Å²) in [6.45, 7) is 4.19. The molecule has 4 aromatic rings. The number of aliphatic hydroxyl groups is 3. The molecule has 4 heterocycles. The maximum absolute atomic E-state index is 10.3. The molecule has 6 rings (SSSR count). The lowest BCUT2D eigenvalue weighted by Crippen LogP contribution is -2.42. The molecular formula is C40H48N4O21. The maximum Gasteiger partial charge on any atom is 0.336 e. The molecule has 2 aromatic heterocycles. The second kappa shape index (κ2) is 23.8. The van der Waals surface area contributed by atoms with Crippen molar-refractivity contribution in [3.63, 3.8) is 0 Å². The van der Waals surface area contributed by atoms with Crippen molar-refractivity contribution < 1.29 is 104 Å². The summed E-state index contributed by atoms with van der Waals surface area (Å²) < 4.78 is 0. The summed E-state index contributed by atoms with van der Waals surface area (Å²) in [6.07, 6.45) is -4.56. The molecule has 0 amide bonds. The lowest BCUT2D eigenvalue weighted by molar-refractivity contribution is -0.170. The van der Waals surface area contributed by atoms with Gasteiger partial charge < -0.3 is 81.9 Å². The van der Waals surface area contributed by atoms with E-state index in [1.54, 1.807) is 0 Å². The van der Waals surface area contributed by atoms with Crippen molar-refractivity contribution in [2.45, 2.75) is 81.3 Å². The van der Waals surface area contributed by atoms with Crippen molar-refractivity contribution in [2.75, 3.05) is 13.1 Å². The largest absolute Gasteiger partial charge is 0.481 e. The zero-order valence-corrected chi connectivity index (χ0v) is 34.1. The van der Waals surface area contributed by atoms with Crippen LogP contribution in [0.2, 0.25) is 0 Å². The highest BCUT2D eigenvalue weighted by Crippen LogP contribution is 2.26. The van der Waals surface area contributed by atoms with E-state index in [4.69, 9.17) is 61.3 Å². The number of aliphatic carboxylic acids is 9. The van der Waals surface area contributed by atoms with Gasteiger partial charge in [-0.25, -0.2) is 14.4 Å². The highest BCUT2D eigenvalue weighted by Gasteiger charge is 2.42. The van der Waals surface area contributed by atoms with Gasteiger partial charge in [-0.1, -0.05) is 36.4 Å². The van der Waals surface area contributed by atoms with Crippen LogP contribution in [0.25, 0.3) is 21.8 Å². The molecule has 0 unspecified atom stereocenters. The summed E-state index contributed by atoms with van der Waals surface area (Å²) in [4.78, 5) is 98.4. The predicted molar refractivity (Wildman–Crippen MR) is 219 cm³/mol. The predicted octanol–water partition coefficient (Wildman–Crippen LogP) is -0.118. The third-order valence-corrected chi connectivity index (χ3v) is 9.37. The van der Waals surface area contributed by atoms with Gasteiger partial charge in [0.25, 0.3) is 0 Å². The molecule has 0 spiro atoms. The van der Waals surface area contributed by atoms with Gasteiger partial charge in [-0.15, -0.1) is 0 Å². The Balaban J connectivity index is 0.000000279. The Morgan fingerprint density at radius 3 is 0.892 bits per heavy atom. The number of nitrogens with one attached hydrogen (secondary N) is 4. The number of carbonyl (C=O) groups is 9. The second-order valence-electron chi connectivity index (χ2n) is 14.5. The van der Waals surface area contributed by atoms with Gasteiger partial charge in [0.1, 0.15) is 0 Å². The maximum atomic E-state index is 10.3. The van der Waals surface area contributed by atoms with Crippen LogP contribution in [0.1, 0.15) is 61.0 Å². The number of carboxylic acids is 9. The molecule has 2 aromatic carbocycles. The number of aromatic nitrogens is 2. The van der Waals surface area contributed by atoms with Crippen molar-refractivity contribution in [2.24, 2.45) is 0 Å². The molecule has 2 aliphatic heterocycles. The third-order valence-electron chi connectivity index (χ3n) is 9.37. The van der Waals surface area contributed by atoms with Crippen LogP contribution >= 0.6 is 0 Å². The number of hydrogen-bond donors (Lipinski definition) is 16. The molecule has 0 aliphatic carbocycles. The Bertz CT molecular complexity index is 2130. The monoisotopic (exact) mass is 920 g/mol. The lowest BCUT2D eigenvalue weighted by atomic mass is 9.96. The summed E-state index contributed by atoms with van der Waals surface area (Å²) in [7, 11) is 0. The first kappa shape index (κ1) is 53.7. The minimum Gasteiger partial charge on any atom is -0.481 e. The number of para-hydroxylation sites is 2. The van der Waals surface area contributed by atoms with Crippen molar-refractivity contribution in [3.05, 3.63) is 71.0 Å². The van der Waals surface area contributed by atoms with Crippen molar-refractivity contribution >= 4 is 75.5 Å². The number of aromatic amines is 2. The zero-order valence-electron chi connectivity index (χ0n) is 34.1. The summed E-state index contributed by atoms with van der Waals surface area (Å²) >= 11 is 0. The number of fused-ring (bicyclic) bond motifs is 6. The Morgan fingerprint density at radius 1 is 0.415 bits per heavy atom. The van der Waals surface area contributed by atoms with Gasteiger partial charge in [0.15, 0.2) is 16.8 Å². The van der Waals surface area contributed by atoms with E-state index in [1.165, 1.54) is 44.3 Å². The Kier molecular flexibility index (Phi) is 19.7.